The van der Waals surface area contributed by atoms with Gasteiger partial charge in [-0.2, -0.15) is 5.10 Å². The van der Waals surface area contributed by atoms with Crippen LogP contribution in [0.15, 0.2) is 6.07 Å². The average molecular weight is 208 g/mol. The van der Waals surface area contributed by atoms with Crippen molar-refractivity contribution in [1.82, 2.24) is 14.7 Å². The fourth-order valence-electron chi connectivity index (χ4n) is 2.54. The molecule has 0 amide bonds. The van der Waals surface area contributed by atoms with Gasteiger partial charge in [-0.25, -0.2) is 0 Å². The Morgan fingerprint density at radius 2 is 2.40 bits per heavy atom. The van der Waals surface area contributed by atoms with Crippen molar-refractivity contribution in [2.24, 2.45) is 12.8 Å². The molecule has 2 heterocycles. The van der Waals surface area contributed by atoms with E-state index in [1.807, 2.05) is 18.7 Å². The molecule has 1 aromatic rings. The molecule has 4 nitrogen and oxygen atoms in total. The molecular weight excluding hydrogens is 188 g/mol. The second kappa shape index (κ2) is 4.33. The minimum Gasteiger partial charge on any atom is -0.329 e. The molecule has 1 atom stereocenters. The highest BCUT2D eigenvalue weighted by molar-refractivity contribution is 5.14. The lowest BCUT2D eigenvalue weighted by Gasteiger charge is -2.23. The minimum absolute atomic E-state index is 0.528. The van der Waals surface area contributed by atoms with Crippen LogP contribution in [0.25, 0.3) is 0 Å². The quantitative estimate of drug-likeness (QED) is 0.800. The average Bonchev–Trinajstić information content (AvgIpc) is 2.73. The van der Waals surface area contributed by atoms with Crippen molar-refractivity contribution < 1.29 is 0 Å². The zero-order valence-electron chi connectivity index (χ0n) is 9.61. The summed E-state index contributed by atoms with van der Waals surface area (Å²) in [5.41, 5.74) is 8.06. The van der Waals surface area contributed by atoms with Crippen LogP contribution >= 0.6 is 0 Å². The third-order valence-corrected chi connectivity index (χ3v) is 3.16. The Morgan fingerprint density at radius 3 is 3.00 bits per heavy atom. The Labute approximate surface area is 91.1 Å². The summed E-state index contributed by atoms with van der Waals surface area (Å²) in [5.74, 6) is 0. The highest BCUT2D eigenvalue weighted by Gasteiger charge is 2.27. The number of hydrogen-bond donors (Lipinski definition) is 1. The Balaban J connectivity index is 2.18. The van der Waals surface area contributed by atoms with Crippen molar-refractivity contribution in [3.8, 4) is 0 Å². The number of aryl methyl sites for hydroxylation is 2. The van der Waals surface area contributed by atoms with Gasteiger partial charge in [0, 0.05) is 20.1 Å². The van der Waals surface area contributed by atoms with Gasteiger partial charge < -0.3 is 5.73 Å². The molecule has 0 aliphatic carbocycles. The van der Waals surface area contributed by atoms with Crippen LogP contribution in [0.5, 0.6) is 0 Å². The molecule has 0 aromatic carbocycles. The van der Waals surface area contributed by atoms with Crippen LogP contribution in [-0.2, 0) is 7.05 Å². The monoisotopic (exact) mass is 208 g/mol. The highest BCUT2D eigenvalue weighted by Crippen LogP contribution is 2.31. The largest absolute Gasteiger partial charge is 0.329 e. The van der Waals surface area contributed by atoms with Crippen molar-refractivity contribution in [2.45, 2.75) is 25.8 Å². The molecule has 0 saturated carbocycles. The lowest BCUT2D eigenvalue weighted by molar-refractivity contribution is 0.255. The van der Waals surface area contributed by atoms with Crippen LogP contribution in [0, 0.1) is 6.92 Å². The van der Waals surface area contributed by atoms with Gasteiger partial charge in [0.25, 0.3) is 0 Å². The van der Waals surface area contributed by atoms with Gasteiger partial charge in [0.05, 0.1) is 17.4 Å². The first-order valence-electron chi connectivity index (χ1n) is 5.67. The van der Waals surface area contributed by atoms with Crippen LogP contribution in [0.3, 0.4) is 0 Å². The maximum Gasteiger partial charge on any atom is 0.0597 e. The van der Waals surface area contributed by atoms with Crippen LogP contribution in [-0.4, -0.2) is 34.3 Å². The molecule has 0 unspecified atom stereocenters. The maximum absolute atomic E-state index is 5.63. The summed E-state index contributed by atoms with van der Waals surface area (Å²) in [7, 11) is 2.03. The molecule has 4 heteroatoms. The SMILES string of the molecule is Cc1cc([C@H]2CCCN2CCN)n(C)n1. The second-order valence-corrected chi connectivity index (χ2v) is 4.32. The summed E-state index contributed by atoms with van der Waals surface area (Å²) >= 11 is 0. The van der Waals surface area contributed by atoms with Gasteiger partial charge in [0.15, 0.2) is 0 Å². The Bertz CT molecular complexity index is 331. The van der Waals surface area contributed by atoms with Gasteiger partial charge in [-0.05, 0) is 32.4 Å². The van der Waals surface area contributed by atoms with E-state index in [4.69, 9.17) is 5.73 Å². The van der Waals surface area contributed by atoms with Gasteiger partial charge >= 0.3 is 0 Å². The molecule has 15 heavy (non-hydrogen) atoms. The molecule has 1 saturated heterocycles. The summed E-state index contributed by atoms with van der Waals surface area (Å²) in [6.07, 6.45) is 2.51. The number of hydrogen-bond acceptors (Lipinski definition) is 3. The van der Waals surface area contributed by atoms with E-state index in [2.05, 4.69) is 16.1 Å². The van der Waals surface area contributed by atoms with E-state index in [0.717, 1.165) is 18.8 Å². The second-order valence-electron chi connectivity index (χ2n) is 4.32. The summed E-state index contributed by atoms with van der Waals surface area (Å²) in [6, 6.07) is 2.72. The van der Waals surface area contributed by atoms with E-state index in [1.165, 1.54) is 25.1 Å². The third-order valence-electron chi connectivity index (χ3n) is 3.16. The summed E-state index contributed by atoms with van der Waals surface area (Å²) < 4.78 is 2.01. The van der Waals surface area contributed by atoms with Crippen molar-refractivity contribution in [3.05, 3.63) is 17.5 Å². The smallest absolute Gasteiger partial charge is 0.0597 e. The highest BCUT2D eigenvalue weighted by atomic mass is 15.3. The predicted octanol–water partition coefficient (Wildman–Crippen LogP) is 0.824. The van der Waals surface area contributed by atoms with E-state index in [9.17, 15) is 0 Å². The Morgan fingerprint density at radius 1 is 1.60 bits per heavy atom. The first-order valence-corrected chi connectivity index (χ1v) is 5.67. The van der Waals surface area contributed by atoms with Crippen molar-refractivity contribution >= 4 is 0 Å². The standard InChI is InChI=1S/C11H20N4/c1-9-8-11(14(2)13-9)10-4-3-6-15(10)7-5-12/h8,10H,3-7,12H2,1-2H3/t10-/m1/s1. The molecular formula is C11H20N4. The number of rotatable bonds is 3. The molecule has 2 N–H and O–H groups in total. The maximum atomic E-state index is 5.63. The molecule has 1 aromatic heterocycles. The Kier molecular flexibility index (Phi) is 3.07. The van der Waals surface area contributed by atoms with E-state index >= 15 is 0 Å². The lowest BCUT2D eigenvalue weighted by Crippen LogP contribution is -2.30. The van der Waals surface area contributed by atoms with Gasteiger partial charge in [-0.3, -0.25) is 9.58 Å². The van der Waals surface area contributed by atoms with Crippen molar-refractivity contribution in [3.63, 3.8) is 0 Å². The van der Waals surface area contributed by atoms with Crippen molar-refractivity contribution in [2.75, 3.05) is 19.6 Å². The number of nitrogens with zero attached hydrogens (tertiary/aromatic N) is 3. The molecule has 1 aliphatic heterocycles. The lowest BCUT2D eigenvalue weighted by atomic mass is 10.1. The van der Waals surface area contributed by atoms with Crippen LogP contribution in [0.1, 0.15) is 30.3 Å². The first-order chi connectivity index (χ1) is 7.22. The predicted molar refractivity (Wildman–Crippen MR) is 60.5 cm³/mol. The molecule has 2 rings (SSSR count). The van der Waals surface area contributed by atoms with E-state index in [1.54, 1.807) is 0 Å². The van der Waals surface area contributed by atoms with Crippen LogP contribution in [0.4, 0.5) is 0 Å². The summed E-state index contributed by atoms with van der Waals surface area (Å²) in [4.78, 5) is 2.47. The fraction of sp³-hybridized carbons (Fsp3) is 0.727. The number of aromatic nitrogens is 2. The molecule has 0 radical (unpaired) electrons. The summed E-state index contributed by atoms with van der Waals surface area (Å²) in [5, 5.41) is 4.41. The fourth-order valence-corrected chi connectivity index (χ4v) is 2.54. The summed E-state index contributed by atoms with van der Waals surface area (Å²) in [6.45, 7) is 4.96. The molecule has 84 valence electrons. The van der Waals surface area contributed by atoms with Crippen LogP contribution < -0.4 is 5.73 Å². The number of likely N-dealkylation sites (tertiary alicyclic amines) is 1. The zero-order valence-corrected chi connectivity index (χ0v) is 9.61. The molecule has 1 aliphatic rings. The van der Waals surface area contributed by atoms with Crippen LogP contribution in [0.2, 0.25) is 0 Å². The van der Waals surface area contributed by atoms with E-state index in [0.29, 0.717) is 6.04 Å². The van der Waals surface area contributed by atoms with Gasteiger partial charge in [-0.15, -0.1) is 0 Å². The topological polar surface area (TPSA) is 47.1 Å². The van der Waals surface area contributed by atoms with Gasteiger partial charge in [0.1, 0.15) is 0 Å². The first kappa shape index (κ1) is 10.6. The Hall–Kier alpha value is -0.870. The molecule has 0 spiro atoms. The minimum atomic E-state index is 0.528. The molecule has 1 fully saturated rings. The molecule has 0 bridgehead atoms. The third kappa shape index (κ3) is 2.06. The van der Waals surface area contributed by atoms with Gasteiger partial charge in [0.2, 0.25) is 0 Å². The zero-order chi connectivity index (χ0) is 10.8. The van der Waals surface area contributed by atoms with E-state index < -0.39 is 0 Å². The van der Waals surface area contributed by atoms with Gasteiger partial charge in [-0.1, -0.05) is 0 Å². The van der Waals surface area contributed by atoms with Crippen molar-refractivity contribution in [1.29, 1.82) is 0 Å². The van der Waals surface area contributed by atoms with E-state index in [-0.39, 0.29) is 0 Å². The normalized spacial score (nSPS) is 22.5. The number of nitrogens with two attached hydrogens (primary N) is 1.